The van der Waals surface area contributed by atoms with Gasteiger partial charge < -0.3 is 15.0 Å². The Bertz CT molecular complexity index is 488. The number of piperazine rings is 1. The molecule has 1 unspecified atom stereocenters. The van der Waals surface area contributed by atoms with Crippen LogP contribution in [0.5, 0.6) is 0 Å². The van der Waals surface area contributed by atoms with Gasteiger partial charge in [0.1, 0.15) is 0 Å². The monoisotopic (exact) mass is 342 g/mol. The molecule has 0 radical (unpaired) electrons. The zero-order chi connectivity index (χ0) is 16.5. The zero-order valence-electron chi connectivity index (χ0n) is 10.2. The van der Waals surface area contributed by atoms with Crippen LogP contribution in [-0.4, -0.2) is 67.7 Å². The number of halogens is 5. The van der Waals surface area contributed by atoms with Gasteiger partial charge in [-0.15, -0.1) is 0 Å². The number of hydrogen-bond donors (Lipinski definition) is 2. The number of rotatable bonds is 3. The Hall–Kier alpha value is -1.21. The molecule has 1 rings (SSSR count). The number of carbonyl (C=O) groups excluding carboxylic acids is 1. The lowest BCUT2D eigenvalue weighted by atomic mass is 10.3. The second kappa shape index (κ2) is 5.88. The minimum absolute atomic E-state index is 0.0964. The summed E-state index contributed by atoms with van der Waals surface area (Å²) in [6, 6.07) is 0. The standard InChI is InChI=1S/C8H11F5N2O5S/c9-7(10,11)5(8(12,13)21(17,18)19)20-6(16)15-3-1-14-2-4-15/h5,14H,1-4H2,(H,17,18,19). The molecule has 2 N–H and O–H groups in total. The van der Waals surface area contributed by atoms with Crippen molar-refractivity contribution in [2.75, 3.05) is 26.2 Å². The van der Waals surface area contributed by atoms with E-state index in [9.17, 15) is 35.2 Å². The van der Waals surface area contributed by atoms with Crippen molar-refractivity contribution in [3.05, 3.63) is 0 Å². The second-order valence-electron chi connectivity index (χ2n) is 4.08. The van der Waals surface area contributed by atoms with Gasteiger partial charge in [0, 0.05) is 26.2 Å². The fourth-order valence-electron chi connectivity index (χ4n) is 1.48. The normalized spacial score (nSPS) is 19.2. The highest BCUT2D eigenvalue weighted by Gasteiger charge is 2.66. The van der Waals surface area contributed by atoms with E-state index < -0.39 is 33.7 Å². The third-order valence-corrected chi connectivity index (χ3v) is 3.44. The minimum atomic E-state index is -6.42. The summed E-state index contributed by atoms with van der Waals surface area (Å²) in [6.07, 6.45) is -11.9. The molecule has 0 saturated carbocycles. The molecule has 0 aromatic carbocycles. The third-order valence-electron chi connectivity index (χ3n) is 2.54. The molecule has 1 saturated heterocycles. The molecule has 0 aliphatic carbocycles. The highest BCUT2D eigenvalue weighted by Crippen LogP contribution is 2.38. The SMILES string of the molecule is O=C(OC(C(F)(F)F)C(F)(F)S(=O)(=O)O)N1CCNCC1. The Labute approximate surface area is 115 Å². The zero-order valence-corrected chi connectivity index (χ0v) is 11.0. The van der Waals surface area contributed by atoms with Crippen molar-refractivity contribution in [2.24, 2.45) is 0 Å². The number of hydrogen-bond acceptors (Lipinski definition) is 5. The summed E-state index contributed by atoms with van der Waals surface area (Å²) in [7, 11) is -6.42. The van der Waals surface area contributed by atoms with Crippen molar-refractivity contribution in [2.45, 2.75) is 17.5 Å². The smallest absolute Gasteiger partial charge is 0.428 e. The number of ether oxygens (including phenoxy) is 1. The van der Waals surface area contributed by atoms with E-state index in [0.29, 0.717) is 4.90 Å². The van der Waals surface area contributed by atoms with Crippen molar-refractivity contribution in [3.63, 3.8) is 0 Å². The molecule has 1 aliphatic heterocycles. The fraction of sp³-hybridized carbons (Fsp3) is 0.875. The van der Waals surface area contributed by atoms with Crippen molar-refractivity contribution in [1.29, 1.82) is 0 Å². The van der Waals surface area contributed by atoms with E-state index in [-0.39, 0.29) is 26.2 Å². The summed E-state index contributed by atoms with van der Waals surface area (Å²) in [4.78, 5) is 12.1. The molecule has 21 heavy (non-hydrogen) atoms. The molecular formula is C8H11F5N2O5S. The first-order valence-corrected chi connectivity index (χ1v) is 6.89. The molecule has 124 valence electrons. The number of amides is 1. The predicted molar refractivity (Wildman–Crippen MR) is 57.3 cm³/mol. The topological polar surface area (TPSA) is 95.9 Å². The van der Waals surface area contributed by atoms with Gasteiger partial charge in [-0.2, -0.15) is 30.4 Å². The van der Waals surface area contributed by atoms with Gasteiger partial charge in [-0.05, 0) is 0 Å². The maximum Gasteiger partial charge on any atom is 0.432 e. The third kappa shape index (κ3) is 4.14. The highest BCUT2D eigenvalue weighted by molar-refractivity contribution is 7.86. The molecule has 0 aromatic rings. The molecule has 1 amide bonds. The summed E-state index contributed by atoms with van der Waals surface area (Å²) < 4.78 is 96.4. The lowest BCUT2D eigenvalue weighted by Gasteiger charge is -2.31. The first-order valence-electron chi connectivity index (χ1n) is 5.45. The first-order chi connectivity index (χ1) is 9.37. The summed E-state index contributed by atoms with van der Waals surface area (Å²) in [5, 5.41) is -2.96. The molecule has 0 bridgehead atoms. The summed E-state index contributed by atoms with van der Waals surface area (Å²) in [5.74, 6) is 0. The number of carbonyl (C=O) groups is 1. The van der Waals surface area contributed by atoms with Gasteiger partial charge in [-0.25, -0.2) is 4.79 Å². The van der Waals surface area contributed by atoms with E-state index in [4.69, 9.17) is 4.55 Å². The van der Waals surface area contributed by atoms with Crippen LogP contribution in [0.1, 0.15) is 0 Å². The fourth-order valence-corrected chi connectivity index (χ4v) is 1.94. The quantitative estimate of drug-likeness (QED) is 0.571. The van der Waals surface area contributed by atoms with Gasteiger partial charge in [-0.3, -0.25) is 4.55 Å². The Morgan fingerprint density at radius 1 is 1.19 bits per heavy atom. The number of nitrogens with one attached hydrogen (secondary N) is 1. The minimum Gasteiger partial charge on any atom is -0.428 e. The molecule has 0 aromatic heterocycles. The maximum atomic E-state index is 13.2. The summed E-state index contributed by atoms with van der Waals surface area (Å²) in [5.41, 5.74) is 0. The Morgan fingerprint density at radius 2 is 1.67 bits per heavy atom. The van der Waals surface area contributed by atoms with E-state index >= 15 is 0 Å². The Morgan fingerprint density at radius 3 is 2.05 bits per heavy atom. The molecule has 1 aliphatic rings. The van der Waals surface area contributed by atoms with Crippen molar-refractivity contribution < 1.29 is 44.5 Å². The van der Waals surface area contributed by atoms with Gasteiger partial charge >= 0.3 is 27.6 Å². The summed E-state index contributed by atoms with van der Waals surface area (Å²) >= 11 is 0. The number of nitrogens with zero attached hydrogens (tertiary/aromatic N) is 1. The van der Waals surface area contributed by atoms with Gasteiger partial charge in [0.15, 0.2) is 0 Å². The van der Waals surface area contributed by atoms with Crippen LogP contribution in [0.2, 0.25) is 0 Å². The molecular weight excluding hydrogens is 331 g/mol. The lowest BCUT2D eigenvalue weighted by molar-refractivity contribution is -0.249. The van der Waals surface area contributed by atoms with Gasteiger partial charge in [0.25, 0.3) is 6.10 Å². The van der Waals surface area contributed by atoms with Crippen LogP contribution in [-0.2, 0) is 14.9 Å². The predicted octanol–water partition coefficient (Wildman–Crippen LogP) is 0.440. The van der Waals surface area contributed by atoms with Crippen molar-refractivity contribution in [3.8, 4) is 0 Å². The molecule has 7 nitrogen and oxygen atoms in total. The average Bonchev–Trinajstić information content (AvgIpc) is 2.33. The second-order valence-corrected chi connectivity index (χ2v) is 5.57. The highest BCUT2D eigenvalue weighted by atomic mass is 32.2. The summed E-state index contributed by atoms with van der Waals surface area (Å²) in [6.45, 7) is 0.225. The molecule has 1 heterocycles. The van der Waals surface area contributed by atoms with Crippen LogP contribution in [0.15, 0.2) is 0 Å². The molecule has 13 heteroatoms. The Kier molecular flexibility index (Phi) is 5.00. The number of alkyl halides is 5. The van der Waals surface area contributed by atoms with Gasteiger partial charge in [0.05, 0.1) is 0 Å². The van der Waals surface area contributed by atoms with Crippen molar-refractivity contribution in [1.82, 2.24) is 10.2 Å². The maximum absolute atomic E-state index is 13.2. The van der Waals surface area contributed by atoms with E-state index in [1.807, 2.05) is 0 Å². The van der Waals surface area contributed by atoms with E-state index in [1.54, 1.807) is 0 Å². The molecule has 1 atom stereocenters. The van der Waals surface area contributed by atoms with Crippen LogP contribution >= 0.6 is 0 Å². The van der Waals surface area contributed by atoms with Crippen LogP contribution < -0.4 is 5.32 Å². The lowest BCUT2D eigenvalue weighted by Crippen LogP contribution is -2.55. The van der Waals surface area contributed by atoms with E-state index in [0.717, 1.165) is 0 Å². The Balaban J connectivity index is 2.97. The van der Waals surface area contributed by atoms with Gasteiger partial charge in [0.2, 0.25) is 0 Å². The van der Waals surface area contributed by atoms with Gasteiger partial charge in [-0.1, -0.05) is 0 Å². The molecule has 1 fully saturated rings. The largest absolute Gasteiger partial charge is 0.432 e. The van der Waals surface area contributed by atoms with Crippen LogP contribution in [0.25, 0.3) is 0 Å². The van der Waals surface area contributed by atoms with Crippen LogP contribution in [0.3, 0.4) is 0 Å². The van der Waals surface area contributed by atoms with Crippen LogP contribution in [0.4, 0.5) is 26.7 Å². The average molecular weight is 342 g/mol. The van der Waals surface area contributed by atoms with E-state index in [2.05, 4.69) is 10.1 Å². The molecule has 0 spiro atoms. The van der Waals surface area contributed by atoms with Crippen molar-refractivity contribution >= 4 is 16.2 Å². The van der Waals surface area contributed by atoms with Crippen LogP contribution in [0, 0.1) is 0 Å². The first kappa shape index (κ1) is 17.8. The van der Waals surface area contributed by atoms with E-state index in [1.165, 1.54) is 0 Å².